The van der Waals surface area contributed by atoms with E-state index in [0.29, 0.717) is 10.5 Å². The fraction of sp³-hybridized carbons (Fsp3) is 0.250. The molecule has 0 aliphatic carbocycles. The summed E-state index contributed by atoms with van der Waals surface area (Å²) in [4.78, 5) is 3.40. The first-order valence-electron chi connectivity index (χ1n) is 3.33. The quantitative estimate of drug-likeness (QED) is 0.516. The van der Waals surface area contributed by atoms with Crippen LogP contribution in [0, 0.1) is 5.39 Å². The van der Waals surface area contributed by atoms with Crippen molar-refractivity contribution in [2.45, 2.75) is 11.8 Å². The van der Waals surface area contributed by atoms with E-state index in [2.05, 4.69) is 20.9 Å². The molecule has 0 aliphatic rings. The Morgan fingerprint density at radius 1 is 1.36 bits per heavy atom. The van der Waals surface area contributed by atoms with Crippen LogP contribution in [0.5, 0.6) is 0 Å². The van der Waals surface area contributed by atoms with Crippen LogP contribution < -0.4 is 0 Å². The highest BCUT2D eigenvalue weighted by molar-refractivity contribution is 9.09. The van der Waals surface area contributed by atoms with Gasteiger partial charge < -0.3 is 0 Å². The molecule has 0 aromatic heterocycles. The molecular formula is C8H8BrN2+. The van der Waals surface area contributed by atoms with Crippen LogP contribution in [0.1, 0.15) is 17.3 Å². The second kappa shape index (κ2) is 3.49. The number of rotatable bonds is 1. The largest absolute Gasteiger partial charge is 0.385 e. The molecule has 0 heterocycles. The Labute approximate surface area is 74.0 Å². The van der Waals surface area contributed by atoms with Gasteiger partial charge in [0.2, 0.25) is 5.39 Å². The average molecular weight is 212 g/mol. The zero-order chi connectivity index (χ0) is 8.27. The van der Waals surface area contributed by atoms with Crippen LogP contribution in [-0.2, 0) is 0 Å². The van der Waals surface area contributed by atoms with Crippen molar-refractivity contribution in [2.75, 3.05) is 0 Å². The van der Waals surface area contributed by atoms with Crippen LogP contribution in [-0.4, -0.2) is 0 Å². The molecule has 3 heteroatoms. The minimum absolute atomic E-state index is 0.343. The van der Waals surface area contributed by atoms with Crippen LogP contribution in [0.2, 0.25) is 0 Å². The Bertz CT molecular complexity index is 271. The molecule has 1 unspecified atom stereocenters. The summed E-state index contributed by atoms with van der Waals surface area (Å²) in [6.07, 6.45) is 0. The molecule has 1 aromatic carbocycles. The molecule has 2 nitrogen and oxygen atoms in total. The van der Waals surface area contributed by atoms with Crippen molar-refractivity contribution >= 4 is 21.6 Å². The monoisotopic (exact) mass is 211 g/mol. The van der Waals surface area contributed by atoms with Crippen molar-refractivity contribution in [3.05, 3.63) is 34.8 Å². The van der Waals surface area contributed by atoms with Crippen LogP contribution in [0.3, 0.4) is 0 Å². The lowest BCUT2D eigenvalue weighted by atomic mass is 10.2. The predicted octanol–water partition coefficient (Wildman–Crippen LogP) is 3.63. The summed E-state index contributed by atoms with van der Waals surface area (Å²) >= 11 is 3.44. The summed E-state index contributed by atoms with van der Waals surface area (Å²) in [6, 6.07) is 7.39. The van der Waals surface area contributed by atoms with Crippen molar-refractivity contribution in [3.8, 4) is 0 Å². The summed E-state index contributed by atoms with van der Waals surface area (Å²) < 4.78 is 0. The van der Waals surface area contributed by atoms with Gasteiger partial charge in [0.25, 0.3) is 0 Å². The van der Waals surface area contributed by atoms with Crippen LogP contribution in [0.25, 0.3) is 4.98 Å². The maximum atomic E-state index is 8.38. The first-order valence-corrected chi connectivity index (χ1v) is 4.24. The maximum Gasteiger partial charge on any atom is 0.385 e. The number of hydrogen-bond acceptors (Lipinski definition) is 1. The van der Waals surface area contributed by atoms with E-state index in [1.165, 1.54) is 5.56 Å². The SMILES string of the molecule is CC(Br)c1ccc([N+]#N)cc1. The minimum atomic E-state index is 0.343. The van der Waals surface area contributed by atoms with Crippen molar-refractivity contribution in [2.24, 2.45) is 0 Å². The third-order valence-electron chi connectivity index (χ3n) is 1.47. The van der Waals surface area contributed by atoms with Gasteiger partial charge in [-0.15, -0.1) is 0 Å². The van der Waals surface area contributed by atoms with Crippen molar-refractivity contribution < 1.29 is 0 Å². The second-order valence-corrected chi connectivity index (χ2v) is 3.68. The lowest BCUT2D eigenvalue weighted by Gasteiger charge is -1.99. The van der Waals surface area contributed by atoms with Crippen LogP contribution >= 0.6 is 15.9 Å². The standard InChI is InChI=1S/C8H8BrN2/c1-6(9)7-2-4-8(11-10)5-3-7/h2-6H,1H3/q+1. The number of nitrogens with zero attached hydrogens (tertiary/aromatic N) is 2. The lowest BCUT2D eigenvalue weighted by molar-refractivity contribution is 1.12. The fourth-order valence-corrected chi connectivity index (χ4v) is 1.11. The van der Waals surface area contributed by atoms with Gasteiger partial charge in [-0.3, -0.25) is 0 Å². The molecule has 1 rings (SSSR count). The van der Waals surface area contributed by atoms with E-state index in [1.54, 1.807) is 12.1 Å². The van der Waals surface area contributed by atoms with E-state index < -0.39 is 0 Å². The van der Waals surface area contributed by atoms with Gasteiger partial charge in [0.05, 0.1) is 0 Å². The van der Waals surface area contributed by atoms with E-state index >= 15 is 0 Å². The summed E-state index contributed by atoms with van der Waals surface area (Å²) in [5.74, 6) is 0. The molecule has 0 fully saturated rings. The number of alkyl halides is 1. The lowest BCUT2D eigenvalue weighted by Crippen LogP contribution is -1.80. The van der Waals surface area contributed by atoms with Gasteiger partial charge in [0.1, 0.15) is 0 Å². The molecule has 0 spiro atoms. The molecule has 0 aliphatic heterocycles. The molecular weight excluding hydrogens is 204 g/mol. The molecule has 0 radical (unpaired) electrons. The molecule has 56 valence electrons. The smallest absolute Gasteiger partial charge is 0.0842 e. The molecule has 0 saturated heterocycles. The van der Waals surface area contributed by atoms with Gasteiger partial charge in [0, 0.05) is 17.0 Å². The topological polar surface area (TPSA) is 28.1 Å². The second-order valence-electron chi connectivity index (χ2n) is 2.31. The van der Waals surface area contributed by atoms with Gasteiger partial charge in [-0.2, -0.15) is 0 Å². The number of benzene rings is 1. The van der Waals surface area contributed by atoms with Gasteiger partial charge in [-0.1, -0.05) is 15.9 Å². The third kappa shape index (κ3) is 2.02. The molecule has 0 N–H and O–H groups in total. The van der Waals surface area contributed by atoms with E-state index in [4.69, 9.17) is 5.39 Å². The highest BCUT2D eigenvalue weighted by atomic mass is 79.9. The first kappa shape index (κ1) is 8.22. The van der Waals surface area contributed by atoms with Crippen molar-refractivity contribution in [3.63, 3.8) is 0 Å². The van der Waals surface area contributed by atoms with Crippen LogP contribution in [0.4, 0.5) is 5.69 Å². The van der Waals surface area contributed by atoms with Gasteiger partial charge >= 0.3 is 5.69 Å². The van der Waals surface area contributed by atoms with E-state index in [9.17, 15) is 0 Å². The molecule has 11 heavy (non-hydrogen) atoms. The summed E-state index contributed by atoms with van der Waals surface area (Å²) in [5.41, 5.74) is 1.76. The summed E-state index contributed by atoms with van der Waals surface area (Å²) in [7, 11) is 0. The maximum absolute atomic E-state index is 8.38. The van der Waals surface area contributed by atoms with Crippen LogP contribution in [0.15, 0.2) is 24.3 Å². The molecule has 0 saturated carbocycles. The Hall–Kier alpha value is -0.880. The minimum Gasteiger partial charge on any atom is -0.0842 e. The number of hydrogen-bond donors (Lipinski definition) is 0. The predicted molar refractivity (Wildman–Crippen MR) is 48.5 cm³/mol. The Morgan fingerprint density at radius 2 is 1.91 bits per heavy atom. The van der Waals surface area contributed by atoms with Gasteiger partial charge in [-0.25, -0.2) is 0 Å². The van der Waals surface area contributed by atoms with E-state index in [1.807, 2.05) is 19.1 Å². The zero-order valence-corrected chi connectivity index (χ0v) is 7.75. The van der Waals surface area contributed by atoms with E-state index in [0.717, 1.165) is 0 Å². The fourth-order valence-electron chi connectivity index (χ4n) is 0.806. The van der Waals surface area contributed by atoms with Gasteiger partial charge in [0.15, 0.2) is 4.98 Å². The van der Waals surface area contributed by atoms with Gasteiger partial charge in [-0.05, 0) is 24.6 Å². The highest BCUT2D eigenvalue weighted by Crippen LogP contribution is 2.23. The Balaban J connectivity index is 2.94. The molecule has 0 amide bonds. The number of halogens is 1. The highest BCUT2D eigenvalue weighted by Gasteiger charge is 2.04. The van der Waals surface area contributed by atoms with E-state index in [-0.39, 0.29) is 0 Å². The Morgan fingerprint density at radius 3 is 2.27 bits per heavy atom. The molecule has 1 aromatic rings. The third-order valence-corrected chi connectivity index (χ3v) is 2.00. The Kier molecular flexibility index (Phi) is 2.61. The summed E-state index contributed by atoms with van der Waals surface area (Å²) in [5, 5.41) is 8.38. The normalized spacial score (nSPS) is 12.1. The molecule has 0 bridgehead atoms. The molecule has 1 atom stereocenters. The van der Waals surface area contributed by atoms with Crippen molar-refractivity contribution in [1.82, 2.24) is 0 Å². The first-order chi connectivity index (χ1) is 5.24. The number of diazo groups is 1. The average Bonchev–Trinajstić information content (AvgIpc) is 2.05. The summed E-state index contributed by atoms with van der Waals surface area (Å²) in [6.45, 7) is 2.05. The van der Waals surface area contributed by atoms with Crippen molar-refractivity contribution in [1.29, 1.82) is 5.39 Å². The zero-order valence-electron chi connectivity index (χ0n) is 6.16.